The average molecular weight is 466 g/mol. The molecule has 0 aromatic rings. The summed E-state index contributed by atoms with van der Waals surface area (Å²) in [6.45, 7) is 6.10. The minimum Gasteiger partial charge on any atom is -0.379 e. The number of hydrogen-bond acceptors (Lipinski definition) is 9. The summed E-state index contributed by atoms with van der Waals surface area (Å²) in [5.41, 5.74) is 0. The third-order valence-electron chi connectivity index (χ3n) is 3.58. The van der Waals surface area contributed by atoms with Crippen molar-refractivity contribution < 1.29 is 42.8 Å². The molecular weight excluding hydrogens is 426 g/mol. The van der Waals surface area contributed by atoms with Crippen molar-refractivity contribution in [2.24, 2.45) is 0 Å². The molecule has 0 saturated carbocycles. The third kappa shape index (κ3) is 22.8. The minimum atomic E-state index is -0.253. The number of likely N-dealkylation sites (N-methyl/N-ethyl adjacent to an activating group) is 1. The number of rotatable bonds is 23. The van der Waals surface area contributed by atoms with Gasteiger partial charge in [-0.3, -0.25) is 14.4 Å². The van der Waals surface area contributed by atoms with E-state index >= 15 is 0 Å². The molecule has 0 unspecified atom stereocenters. The molecule has 3 N–H and O–H groups in total. The highest BCUT2D eigenvalue weighted by Crippen LogP contribution is 1.84. The molecule has 12 heteroatoms. The van der Waals surface area contributed by atoms with Gasteiger partial charge in [0.25, 0.3) is 0 Å². The Labute approximate surface area is 189 Å². The van der Waals surface area contributed by atoms with E-state index in [0.717, 1.165) is 6.42 Å². The first-order chi connectivity index (χ1) is 15.6. The quantitative estimate of drug-likeness (QED) is 0.153. The molecule has 0 aromatic carbocycles. The van der Waals surface area contributed by atoms with Crippen molar-refractivity contribution in [1.82, 2.24) is 16.0 Å². The van der Waals surface area contributed by atoms with Crippen LogP contribution in [0.25, 0.3) is 0 Å². The van der Waals surface area contributed by atoms with Crippen molar-refractivity contribution in [2.75, 3.05) is 99.4 Å². The van der Waals surface area contributed by atoms with E-state index in [2.05, 4.69) is 16.0 Å². The van der Waals surface area contributed by atoms with Crippen LogP contribution < -0.4 is 16.0 Å². The maximum atomic E-state index is 11.6. The van der Waals surface area contributed by atoms with Crippen LogP contribution in [0.5, 0.6) is 0 Å². The molecule has 188 valence electrons. The van der Waals surface area contributed by atoms with E-state index in [1.165, 1.54) is 7.05 Å². The zero-order valence-corrected chi connectivity index (χ0v) is 19.3. The maximum Gasteiger partial charge on any atom is 0.246 e. The van der Waals surface area contributed by atoms with Crippen molar-refractivity contribution in [3.05, 3.63) is 0 Å². The van der Waals surface area contributed by atoms with Gasteiger partial charge >= 0.3 is 0 Å². The number of hydrogen-bond donors (Lipinski definition) is 3. The molecule has 0 spiro atoms. The van der Waals surface area contributed by atoms with Crippen LogP contribution in [0.3, 0.4) is 0 Å². The molecule has 0 bridgehead atoms. The Kier molecular flexibility index (Phi) is 22.5. The zero-order chi connectivity index (χ0) is 23.7. The maximum absolute atomic E-state index is 11.6. The second kappa shape index (κ2) is 23.8. The third-order valence-corrected chi connectivity index (χ3v) is 3.58. The fourth-order valence-corrected chi connectivity index (χ4v) is 2.00. The summed E-state index contributed by atoms with van der Waals surface area (Å²) in [6.07, 6.45) is 0.953. The lowest BCUT2D eigenvalue weighted by Gasteiger charge is -2.09. The van der Waals surface area contributed by atoms with Crippen LogP contribution >= 0.6 is 0 Å². The summed E-state index contributed by atoms with van der Waals surface area (Å²) >= 11 is 0. The van der Waals surface area contributed by atoms with E-state index in [9.17, 15) is 14.4 Å². The van der Waals surface area contributed by atoms with Crippen LogP contribution in [0.2, 0.25) is 0 Å². The molecule has 0 aliphatic rings. The van der Waals surface area contributed by atoms with E-state index in [4.69, 9.17) is 28.4 Å². The van der Waals surface area contributed by atoms with Crippen molar-refractivity contribution in [3.63, 3.8) is 0 Å². The Morgan fingerprint density at radius 2 is 0.906 bits per heavy atom. The Hall–Kier alpha value is -1.83. The Morgan fingerprint density at radius 1 is 0.531 bits per heavy atom. The summed E-state index contributed by atoms with van der Waals surface area (Å²) in [5.74, 6) is -0.658. The number of carbonyl (C=O) groups excluding carboxylic acids is 3. The van der Waals surface area contributed by atoms with Gasteiger partial charge in [0.15, 0.2) is 0 Å². The van der Waals surface area contributed by atoms with E-state index in [0.29, 0.717) is 65.9 Å². The Balaban J connectivity index is 3.29. The standard InChI is InChI=1S/C20H39N3O9/c1-3-6-27-9-12-31-16-19(25)22-5-8-29-11-14-32-17-20(26)23-4-7-28-10-13-30-15-18(24)21-2/h3-17H2,1-2H3,(H,21,24)(H,22,25)(H,23,26). The molecule has 3 amide bonds. The molecule has 12 nitrogen and oxygen atoms in total. The number of carbonyl (C=O) groups is 3. The van der Waals surface area contributed by atoms with E-state index in [1.54, 1.807) is 0 Å². The molecule has 0 aliphatic heterocycles. The van der Waals surface area contributed by atoms with Crippen LogP contribution in [0.1, 0.15) is 13.3 Å². The van der Waals surface area contributed by atoms with Gasteiger partial charge in [-0.25, -0.2) is 0 Å². The zero-order valence-electron chi connectivity index (χ0n) is 19.3. The van der Waals surface area contributed by atoms with Gasteiger partial charge in [0.05, 0.1) is 52.9 Å². The highest BCUT2D eigenvalue weighted by molar-refractivity contribution is 5.77. The average Bonchev–Trinajstić information content (AvgIpc) is 2.79. The fraction of sp³-hybridized carbons (Fsp3) is 0.850. The SMILES string of the molecule is CCCOCCOCC(=O)NCCOCCOCC(=O)NCCOCCOCC(=O)NC. The van der Waals surface area contributed by atoms with Gasteiger partial charge in [0.1, 0.15) is 19.8 Å². The van der Waals surface area contributed by atoms with Crippen LogP contribution in [-0.4, -0.2) is 117 Å². The summed E-state index contributed by atoms with van der Waals surface area (Å²) in [7, 11) is 1.54. The normalized spacial score (nSPS) is 10.7. The van der Waals surface area contributed by atoms with Crippen molar-refractivity contribution in [1.29, 1.82) is 0 Å². The molecule has 32 heavy (non-hydrogen) atoms. The van der Waals surface area contributed by atoms with Crippen LogP contribution in [0.15, 0.2) is 0 Å². The Morgan fingerprint density at radius 3 is 1.31 bits per heavy atom. The first-order valence-corrected chi connectivity index (χ1v) is 10.8. The molecule has 0 fully saturated rings. The fourth-order valence-electron chi connectivity index (χ4n) is 2.00. The largest absolute Gasteiger partial charge is 0.379 e. The summed E-state index contributed by atoms with van der Waals surface area (Å²) in [6, 6.07) is 0. The predicted molar refractivity (Wildman–Crippen MR) is 115 cm³/mol. The van der Waals surface area contributed by atoms with Gasteiger partial charge in [-0.1, -0.05) is 6.92 Å². The van der Waals surface area contributed by atoms with E-state index < -0.39 is 0 Å². The molecule has 0 saturated heterocycles. The lowest BCUT2D eigenvalue weighted by atomic mass is 10.5. The molecule has 0 radical (unpaired) electrons. The summed E-state index contributed by atoms with van der Waals surface area (Å²) < 4.78 is 31.3. The minimum absolute atomic E-state index is 0.00328. The van der Waals surface area contributed by atoms with Gasteiger partial charge in [-0.2, -0.15) is 0 Å². The predicted octanol–water partition coefficient (Wildman–Crippen LogP) is -1.53. The van der Waals surface area contributed by atoms with Gasteiger partial charge < -0.3 is 44.4 Å². The number of nitrogens with one attached hydrogen (secondary N) is 3. The van der Waals surface area contributed by atoms with Gasteiger partial charge in [0, 0.05) is 26.7 Å². The summed E-state index contributed by atoms with van der Waals surface area (Å²) in [4.78, 5) is 34.0. The molecule has 0 aromatic heterocycles. The van der Waals surface area contributed by atoms with Gasteiger partial charge in [0.2, 0.25) is 17.7 Å². The number of amides is 3. The monoisotopic (exact) mass is 465 g/mol. The lowest BCUT2D eigenvalue weighted by molar-refractivity contribution is -0.127. The first-order valence-electron chi connectivity index (χ1n) is 10.8. The van der Waals surface area contributed by atoms with Crippen molar-refractivity contribution >= 4 is 17.7 Å². The molecule has 0 heterocycles. The highest BCUT2D eigenvalue weighted by atomic mass is 16.5. The van der Waals surface area contributed by atoms with Crippen LogP contribution in [0.4, 0.5) is 0 Å². The number of ether oxygens (including phenoxy) is 6. The topological polar surface area (TPSA) is 143 Å². The second-order valence-corrected chi connectivity index (χ2v) is 6.37. The van der Waals surface area contributed by atoms with E-state index in [-0.39, 0.29) is 44.1 Å². The molecule has 0 rings (SSSR count). The van der Waals surface area contributed by atoms with E-state index in [1.807, 2.05) is 6.92 Å². The Bertz CT molecular complexity index is 481. The van der Waals surface area contributed by atoms with Crippen molar-refractivity contribution in [3.8, 4) is 0 Å². The molecular formula is C20H39N3O9. The summed E-state index contributed by atoms with van der Waals surface area (Å²) in [5, 5.41) is 7.77. The van der Waals surface area contributed by atoms with Gasteiger partial charge in [-0.05, 0) is 6.42 Å². The van der Waals surface area contributed by atoms with Crippen LogP contribution in [-0.2, 0) is 42.8 Å². The lowest BCUT2D eigenvalue weighted by Crippen LogP contribution is -2.32. The first kappa shape index (κ1) is 30.2. The van der Waals surface area contributed by atoms with Gasteiger partial charge in [-0.15, -0.1) is 0 Å². The van der Waals surface area contributed by atoms with Crippen LogP contribution in [0, 0.1) is 0 Å². The second-order valence-electron chi connectivity index (χ2n) is 6.37. The molecule has 0 aliphatic carbocycles. The molecule has 0 atom stereocenters. The highest BCUT2D eigenvalue weighted by Gasteiger charge is 2.02. The smallest absolute Gasteiger partial charge is 0.246 e. The van der Waals surface area contributed by atoms with Crippen molar-refractivity contribution in [2.45, 2.75) is 13.3 Å².